The Morgan fingerprint density at radius 2 is 1.57 bits per heavy atom. The normalized spacial score (nSPS) is 11.1. The summed E-state index contributed by atoms with van der Waals surface area (Å²) in [7, 11) is 0. The lowest BCUT2D eigenvalue weighted by molar-refractivity contribution is 0.705. The third-order valence-corrected chi connectivity index (χ3v) is 4.17. The minimum Gasteiger partial charge on any atom is -0.397 e. The summed E-state index contributed by atoms with van der Waals surface area (Å²) in [6.45, 7) is 4.47. The topological polar surface area (TPSA) is 38.9 Å². The molecule has 114 valence electrons. The Balaban J connectivity index is 2.34. The predicted molar refractivity (Wildman–Crippen MR) is 92.6 cm³/mol. The lowest BCUT2D eigenvalue weighted by atomic mass is 9.98. The number of aryl methyl sites for hydroxylation is 2. The van der Waals surface area contributed by atoms with E-state index in [0.717, 1.165) is 29.7 Å². The van der Waals surface area contributed by atoms with E-state index < -0.39 is 0 Å². The van der Waals surface area contributed by atoms with Crippen molar-refractivity contribution >= 4 is 16.6 Å². The van der Waals surface area contributed by atoms with Gasteiger partial charge in [-0.1, -0.05) is 57.7 Å². The first-order valence-electron chi connectivity index (χ1n) is 8.43. The molecule has 0 radical (unpaired) electrons. The zero-order chi connectivity index (χ0) is 15.1. The molecular formula is C19H28N2. The molecule has 21 heavy (non-hydrogen) atoms. The van der Waals surface area contributed by atoms with E-state index in [1.165, 1.54) is 49.5 Å². The average Bonchev–Trinajstić information content (AvgIpc) is 2.50. The van der Waals surface area contributed by atoms with E-state index in [0.29, 0.717) is 0 Å². The van der Waals surface area contributed by atoms with Crippen LogP contribution in [0.5, 0.6) is 0 Å². The van der Waals surface area contributed by atoms with E-state index >= 15 is 0 Å². The highest BCUT2D eigenvalue weighted by Crippen LogP contribution is 2.28. The van der Waals surface area contributed by atoms with Gasteiger partial charge in [-0.2, -0.15) is 0 Å². The minimum absolute atomic E-state index is 0.945. The van der Waals surface area contributed by atoms with Crippen LogP contribution in [0.15, 0.2) is 24.3 Å². The van der Waals surface area contributed by atoms with E-state index in [-0.39, 0.29) is 0 Å². The van der Waals surface area contributed by atoms with Crippen LogP contribution in [0.3, 0.4) is 0 Å². The number of aromatic nitrogens is 1. The third kappa shape index (κ3) is 3.96. The first-order chi connectivity index (χ1) is 10.3. The molecule has 0 saturated heterocycles. The first-order valence-corrected chi connectivity index (χ1v) is 8.43. The van der Waals surface area contributed by atoms with Crippen LogP contribution in [0.1, 0.15) is 63.6 Å². The minimum atomic E-state index is 0.945. The molecule has 0 bridgehead atoms. The largest absolute Gasteiger partial charge is 0.397 e. The molecule has 0 fully saturated rings. The van der Waals surface area contributed by atoms with Gasteiger partial charge in [0.25, 0.3) is 0 Å². The Hall–Kier alpha value is -1.57. The second kappa shape index (κ2) is 8.02. The van der Waals surface area contributed by atoms with Crippen LogP contribution in [0.4, 0.5) is 5.69 Å². The number of benzene rings is 1. The number of nitrogens with zero attached hydrogens (tertiary/aromatic N) is 1. The molecule has 2 rings (SSSR count). The monoisotopic (exact) mass is 284 g/mol. The summed E-state index contributed by atoms with van der Waals surface area (Å²) in [5.74, 6) is 0. The van der Waals surface area contributed by atoms with Gasteiger partial charge in [0.2, 0.25) is 0 Å². The van der Waals surface area contributed by atoms with Crippen molar-refractivity contribution in [2.75, 3.05) is 5.73 Å². The summed E-state index contributed by atoms with van der Waals surface area (Å²) < 4.78 is 0. The fourth-order valence-corrected chi connectivity index (χ4v) is 2.91. The molecule has 0 aliphatic carbocycles. The molecule has 0 saturated carbocycles. The van der Waals surface area contributed by atoms with Crippen molar-refractivity contribution in [2.24, 2.45) is 0 Å². The highest BCUT2D eigenvalue weighted by atomic mass is 14.8. The zero-order valence-corrected chi connectivity index (χ0v) is 13.5. The molecule has 2 N–H and O–H groups in total. The van der Waals surface area contributed by atoms with Crippen LogP contribution in [0.25, 0.3) is 10.9 Å². The van der Waals surface area contributed by atoms with E-state index in [4.69, 9.17) is 10.7 Å². The molecular weight excluding hydrogens is 256 g/mol. The average molecular weight is 284 g/mol. The van der Waals surface area contributed by atoms with Crippen LogP contribution >= 0.6 is 0 Å². The lowest BCUT2D eigenvalue weighted by Gasteiger charge is -2.14. The first kappa shape index (κ1) is 15.8. The van der Waals surface area contributed by atoms with Gasteiger partial charge < -0.3 is 5.73 Å². The third-order valence-electron chi connectivity index (χ3n) is 4.17. The van der Waals surface area contributed by atoms with Crippen LogP contribution in [0, 0.1) is 0 Å². The second-order valence-electron chi connectivity index (χ2n) is 5.88. The van der Waals surface area contributed by atoms with Gasteiger partial charge in [-0.25, -0.2) is 0 Å². The lowest BCUT2D eigenvalue weighted by Crippen LogP contribution is -2.05. The fourth-order valence-electron chi connectivity index (χ4n) is 2.91. The van der Waals surface area contributed by atoms with E-state index in [1.807, 2.05) is 0 Å². The van der Waals surface area contributed by atoms with Crippen molar-refractivity contribution in [3.63, 3.8) is 0 Å². The summed E-state index contributed by atoms with van der Waals surface area (Å²) in [5.41, 5.74) is 10.9. The molecule has 1 aromatic heterocycles. The Morgan fingerprint density at radius 3 is 2.29 bits per heavy atom. The van der Waals surface area contributed by atoms with Gasteiger partial charge in [0.1, 0.15) is 0 Å². The van der Waals surface area contributed by atoms with E-state index in [9.17, 15) is 0 Å². The van der Waals surface area contributed by atoms with E-state index in [2.05, 4.69) is 38.1 Å². The number of anilines is 1. The predicted octanol–water partition coefficient (Wildman–Crippen LogP) is 5.28. The van der Waals surface area contributed by atoms with Crippen molar-refractivity contribution in [3.05, 3.63) is 35.5 Å². The zero-order valence-electron chi connectivity index (χ0n) is 13.5. The number of hydrogen-bond donors (Lipinski definition) is 1. The SMILES string of the molecule is CCCCCc1nc2ccccc2c(CCCCC)c1N. The molecule has 0 amide bonds. The number of nitrogens with two attached hydrogens (primary N) is 1. The van der Waals surface area contributed by atoms with Crippen LogP contribution in [0.2, 0.25) is 0 Å². The fraction of sp³-hybridized carbons (Fsp3) is 0.526. The summed E-state index contributed by atoms with van der Waals surface area (Å²) >= 11 is 0. The molecule has 0 atom stereocenters. The molecule has 0 aliphatic rings. The number of para-hydroxylation sites is 1. The standard InChI is InChI=1S/C19H28N2/c1-3-5-7-12-16-15-11-9-10-13-17(15)21-18(19(16)20)14-8-6-4-2/h9-11,13H,3-8,12,14,20H2,1-2H3. The number of rotatable bonds is 8. The molecule has 0 unspecified atom stereocenters. The van der Waals surface area contributed by atoms with Crippen LogP contribution < -0.4 is 5.73 Å². The van der Waals surface area contributed by atoms with Crippen molar-refractivity contribution in [2.45, 2.75) is 65.2 Å². The van der Waals surface area contributed by atoms with Gasteiger partial charge in [-0.15, -0.1) is 0 Å². The maximum Gasteiger partial charge on any atom is 0.0709 e. The maximum atomic E-state index is 6.45. The molecule has 2 heteroatoms. The Bertz CT molecular complexity index is 575. The van der Waals surface area contributed by atoms with E-state index in [1.54, 1.807) is 0 Å². The molecule has 2 nitrogen and oxygen atoms in total. The van der Waals surface area contributed by atoms with Gasteiger partial charge in [-0.05, 0) is 37.3 Å². The van der Waals surface area contributed by atoms with Crippen molar-refractivity contribution < 1.29 is 0 Å². The van der Waals surface area contributed by atoms with Crippen molar-refractivity contribution in [1.82, 2.24) is 4.98 Å². The number of pyridine rings is 1. The summed E-state index contributed by atoms with van der Waals surface area (Å²) in [6, 6.07) is 8.43. The van der Waals surface area contributed by atoms with Crippen LogP contribution in [-0.2, 0) is 12.8 Å². The van der Waals surface area contributed by atoms with Gasteiger partial charge in [0.05, 0.1) is 16.9 Å². The summed E-state index contributed by atoms with van der Waals surface area (Å²) in [4.78, 5) is 4.81. The number of nitrogen functional groups attached to an aromatic ring is 1. The highest BCUT2D eigenvalue weighted by Gasteiger charge is 2.11. The molecule has 2 aromatic rings. The Labute approximate surface area is 128 Å². The molecule has 1 heterocycles. The molecule has 0 spiro atoms. The van der Waals surface area contributed by atoms with Gasteiger partial charge in [0, 0.05) is 5.39 Å². The van der Waals surface area contributed by atoms with Gasteiger partial charge >= 0.3 is 0 Å². The number of hydrogen-bond acceptors (Lipinski definition) is 2. The summed E-state index contributed by atoms with van der Waals surface area (Å²) in [5, 5.41) is 1.24. The smallest absolute Gasteiger partial charge is 0.0709 e. The number of unbranched alkanes of at least 4 members (excludes halogenated alkanes) is 4. The Kier molecular flexibility index (Phi) is 6.04. The second-order valence-corrected chi connectivity index (χ2v) is 5.88. The molecule has 1 aromatic carbocycles. The number of fused-ring (bicyclic) bond motifs is 1. The Morgan fingerprint density at radius 1 is 0.905 bits per heavy atom. The highest BCUT2D eigenvalue weighted by molar-refractivity contribution is 5.87. The summed E-state index contributed by atoms with van der Waals surface area (Å²) in [6.07, 6.45) is 9.46. The van der Waals surface area contributed by atoms with Gasteiger partial charge in [0.15, 0.2) is 0 Å². The molecule has 0 aliphatic heterocycles. The van der Waals surface area contributed by atoms with Crippen molar-refractivity contribution in [3.8, 4) is 0 Å². The van der Waals surface area contributed by atoms with Crippen LogP contribution in [-0.4, -0.2) is 4.98 Å². The van der Waals surface area contributed by atoms with Gasteiger partial charge in [-0.3, -0.25) is 4.98 Å². The maximum absolute atomic E-state index is 6.45. The quantitative estimate of drug-likeness (QED) is 0.669. The van der Waals surface area contributed by atoms with Crippen molar-refractivity contribution in [1.29, 1.82) is 0 Å².